The number of ether oxygens (including phenoxy) is 1. The topological polar surface area (TPSA) is 24.5 Å². The third-order valence-electron chi connectivity index (χ3n) is 8.71. The van der Waals surface area contributed by atoms with Gasteiger partial charge >= 0.3 is 0 Å². The van der Waals surface area contributed by atoms with Gasteiger partial charge in [0.05, 0.1) is 0 Å². The van der Waals surface area contributed by atoms with Crippen LogP contribution < -0.4 is 10.2 Å². The molecule has 0 spiro atoms. The van der Waals surface area contributed by atoms with E-state index < -0.39 is 0 Å². The Morgan fingerprint density at radius 2 is 1.94 bits per heavy atom. The molecule has 5 atom stereocenters. The Labute approximate surface area is 200 Å². The van der Waals surface area contributed by atoms with Crippen LogP contribution in [-0.4, -0.2) is 19.1 Å². The summed E-state index contributed by atoms with van der Waals surface area (Å²) in [4.78, 5) is 0. The molecule has 0 radical (unpaired) electrons. The van der Waals surface area contributed by atoms with Crippen LogP contribution in [0.1, 0.15) is 68.6 Å². The van der Waals surface area contributed by atoms with Crippen molar-refractivity contribution >= 4 is 0 Å². The van der Waals surface area contributed by atoms with Gasteiger partial charge in [-0.3, -0.25) is 0 Å². The van der Waals surface area contributed by atoms with Gasteiger partial charge in [-0.1, -0.05) is 69.2 Å². The van der Waals surface area contributed by atoms with Gasteiger partial charge in [0.2, 0.25) is 0 Å². The summed E-state index contributed by atoms with van der Waals surface area (Å²) < 4.78 is 6.20. The highest BCUT2D eigenvalue weighted by atomic mass is 16.5. The van der Waals surface area contributed by atoms with Crippen molar-refractivity contribution in [1.29, 1.82) is 0 Å². The highest BCUT2D eigenvalue weighted by Gasteiger charge is 2.54. The average Bonchev–Trinajstić information content (AvgIpc) is 3.13. The number of rotatable bonds is 7. The van der Waals surface area contributed by atoms with Crippen molar-refractivity contribution in [1.82, 2.24) is 10.4 Å². The molecule has 0 amide bonds. The normalized spacial score (nSPS) is 30.3. The van der Waals surface area contributed by atoms with E-state index in [0.717, 1.165) is 23.5 Å². The molecule has 0 heterocycles. The molecular weight excluding hydrogens is 404 g/mol. The van der Waals surface area contributed by atoms with E-state index in [1.165, 1.54) is 49.8 Å². The highest BCUT2D eigenvalue weighted by molar-refractivity contribution is 5.42. The third-order valence-corrected chi connectivity index (χ3v) is 8.71. The van der Waals surface area contributed by atoms with Gasteiger partial charge in [0.15, 0.2) is 0 Å². The van der Waals surface area contributed by atoms with Crippen molar-refractivity contribution in [2.75, 3.05) is 14.1 Å². The van der Waals surface area contributed by atoms with Crippen molar-refractivity contribution in [3.63, 3.8) is 0 Å². The first kappa shape index (κ1) is 22.5. The summed E-state index contributed by atoms with van der Waals surface area (Å²) in [6.07, 6.45) is 10.1. The molecule has 3 aliphatic carbocycles. The standard InChI is InChI=1S/C30H40N2O/c1-5-9-22-18-23-19-24(33-20-21-10-7-6-8-11-21)12-13-25(23)26-16-17-30(2)27(29(22)26)14-15-28(30)31-32(3)4/h6-8,10-13,15,19,22,26-27,29,31H,5,9,14,16-18,20H2,1-4H3/t22-,26?,27?,29?,30+/m1/s1. The summed E-state index contributed by atoms with van der Waals surface area (Å²) in [6.45, 7) is 5.53. The van der Waals surface area contributed by atoms with Crippen molar-refractivity contribution < 1.29 is 4.74 Å². The molecule has 1 N–H and O–H groups in total. The molecule has 1 fully saturated rings. The summed E-state index contributed by atoms with van der Waals surface area (Å²) in [5, 5.41) is 2.11. The first-order valence-electron chi connectivity index (χ1n) is 12.9. The second kappa shape index (κ2) is 9.18. The van der Waals surface area contributed by atoms with E-state index >= 15 is 0 Å². The highest BCUT2D eigenvalue weighted by Crippen LogP contribution is 2.62. The zero-order valence-electron chi connectivity index (χ0n) is 20.8. The van der Waals surface area contributed by atoms with Crippen molar-refractivity contribution in [3.8, 4) is 5.75 Å². The fraction of sp³-hybridized carbons (Fsp3) is 0.533. The third kappa shape index (κ3) is 4.21. The maximum Gasteiger partial charge on any atom is 0.120 e. The smallest absolute Gasteiger partial charge is 0.120 e. The van der Waals surface area contributed by atoms with Crippen LogP contribution in [0.5, 0.6) is 5.75 Å². The number of nitrogens with zero attached hydrogens (tertiary/aromatic N) is 1. The summed E-state index contributed by atoms with van der Waals surface area (Å²) >= 11 is 0. The van der Waals surface area contributed by atoms with E-state index in [2.05, 4.69) is 93.0 Å². The van der Waals surface area contributed by atoms with E-state index in [0.29, 0.717) is 12.5 Å². The minimum atomic E-state index is 0.285. The number of hydrogen-bond donors (Lipinski definition) is 1. The van der Waals surface area contributed by atoms with Crippen molar-refractivity contribution in [2.24, 2.45) is 23.2 Å². The second-order valence-electron chi connectivity index (χ2n) is 11.0. The lowest BCUT2D eigenvalue weighted by molar-refractivity contribution is 0.0270. The van der Waals surface area contributed by atoms with E-state index in [4.69, 9.17) is 4.74 Å². The summed E-state index contributed by atoms with van der Waals surface area (Å²) in [5.74, 6) is 4.02. The summed E-state index contributed by atoms with van der Waals surface area (Å²) in [7, 11) is 4.22. The molecule has 1 saturated carbocycles. The Kier molecular flexibility index (Phi) is 6.26. The Hall–Kier alpha value is -2.26. The van der Waals surface area contributed by atoms with E-state index in [1.807, 2.05) is 0 Å². The van der Waals surface area contributed by atoms with Gasteiger partial charge in [-0.05, 0) is 78.2 Å². The maximum atomic E-state index is 6.20. The molecule has 3 nitrogen and oxygen atoms in total. The van der Waals surface area contributed by atoms with Gasteiger partial charge in [-0.15, -0.1) is 0 Å². The average molecular weight is 445 g/mol. The summed E-state index contributed by atoms with van der Waals surface area (Å²) in [6, 6.07) is 17.5. The van der Waals surface area contributed by atoms with Crippen molar-refractivity contribution in [2.45, 2.75) is 64.9 Å². The molecule has 3 unspecified atom stereocenters. The number of fused-ring (bicyclic) bond motifs is 5. The minimum absolute atomic E-state index is 0.285. The van der Waals surface area contributed by atoms with E-state index in [9.17, 15) is 0 Å². The molecule has 176 valence electrons. The second-order valence-corrected chi connectivity index (χ2v) is 11.0. The fourth-order valence-electron chi connectivity index (χ4n) is 7.24. The Morgan fingerprint density at radius 1 is 1.12 bits per heavy atom. The first-order chi connectivity index (χ1) is 16.0. The van der Waals surface area contributed by atoms with Gasteiger partial charge in [-0.25, -0.2) is 5.01 Å². The van der Waals surface area contributed by atoms with Crippen LogP contribution in [0.4, 0.5) is 0 Å². The van der Waals surface area contributed by atoms with Crippen LogP contribution in [0.25, 0.3) is 0 Å². The van der Waals surface area contributed by atoms with Crippen LogP contribution >= 0.6 is 0 Å². The fourth-order valence-corrected chi connectivity index (χ4v) is 7.24. The van der Waals surface area contributed by atoms with Crippen molar-refractivity contribution in [3.05, 3.63) is 77.0 Å². The number of allylic oxidation sites excluding steroid dienone is 2. The quantitative estimate of drug-likeness (QED) is 0.480. The lowest BCUT2D eigenvalue weighted by Crippen LogP contribution is -2.48. The summed E-state index contributed by atoms with van der Waals surface area (Å²) in [5.41, 5.74) is 9.77. The number of hydrogen-bond acceptors (Lipinski definition) is 3. The maximum absolute atomic E-state index is 6.20. The molecule has 2 aromatic carbocycles. The molecule has 33 heavy (non-hydrogen) atoms. The zero-order chi connectivity index (χ0) is 23.0. The number of hydrazine groups is 1. The monoisotopic (exact) mass is 444 g/mol. The molecule has 0 bridgehead atoms. The van der Waals surface area contributed by atoms with Gasteiger partial charge in [0.25, 0.3) is 0 Å². The molecule has 5 rings (SSSR count). The minimum Gasteiger partial charge on any atom is -0.489 e. The predicted molar refractivity (Wildman–Crippen MR) is 136 cm³/mol. The Balaban J connectivity index is 1.39. The van der Waals surface area contributed by atoms with Gasteiger partial charge in [-0.2, -0.15) is 0 Å². The van der Waals surface area contributed by atoms with E-state index in [1.54, 1.807) is 11.1 Å². The van der Waals surface area contributed by atoms with Crippen LogP contribution in [0.2, 0.25) is 0 Å². The van der Waals surface area contributed by atoms with Gasteiger partial charge < -0.3 is 10.2 Å². The lowest BCUT2D eigenvalue weighted by Gasteiger charge is -2.53. The Bertz CT molecular complexity index is 998. The van der Waals surface area contributed by atoms with Gasteiger partial charge in [0, 0.05) is 25.2 Å². The Morgan fingerprint density at radius 3 is 2.70 bits per heavy atom. The van der Waals surface area contributed by atoms with E-state index in [-0.39, 0.29) is 5.41 Å². The largest absolute Gasteiger partial charge is 0.489 e. The number of benzene rings is 2. The van der Waals surface area contributed by atoms with Gasteiger partial charge in [0.1, 0.15) is 12.4 Å². The lowest BCUT2D eigenvalue weighted by atomic mass is 9.52. The molecule has 3 heteroatoms. The van der Waals surface area contributed by atoms with Crippen LogP contribution in [0.3, 0.4) is 0 Å². The number of nitrogens with one attached hydrogen (secondary N) is 1. The molecule has 2 aromatic rings. The molecule has 0 saturated heterocycles. The molecule has 3 aliphatic rings. The first-order valence-corrected chi connectivity index (χ1v) is 12.9. The van der Waals surface area contributed by atoms with Crippen LogP contribution in [0, 0.1) is 23.2 Å². The zero-order valence-corrected chi connectivity index (χ0v) is 20.8. The molecular formula is C30H40N2O. The predicted octanol–water partition coefficient (Wildman–Crippen LogP) is 6.71. The molecule has 0 aromatic heterocycles. The molecule has 0 aliphatic heterocycles. The van der Waals surface area contributed by atoms with Crippen LogP contribution in [-0.2, 0) is 13.0 Å². The van der Waals surface area contributed by atoms with Crippen LogP contribution in [0.15, 0.2) is 60.3 Å². The SMILES string of the molecule is CCC[C@@H]1Cc2cc(OCc3ccccc3)ccc2C2CC[C@]3(C)C(NN(C)C)=CCC3C21.